The van der Waals surface area contributed by atoms with E-state index in [1.807, 2.05) is 6.20 Å². The average molecular weight is 407 g/mol. The van der Waals surface area contributed by atoms with Gasteiger partial charge in [-0.1, -0.05) is 46.8 Å². The Morgan fingerprint density at radius 1 is 0.933 bits per heavy atom. The molecule has 162 valence electrons. The van der Waals surface area contributed by atoms with E-state index >= 15 is 0 Å². The molecule has 1 unspecified atom stereocenters. The van der Waals surface area contributed by atoms with Crippen molar-refractivity contribution >= 4 is 12.8 Å². The molecule has 0 radical (unpaired) electrons. The van der Waals surface area contributed by atoms with Crippen molar-refractivity contribution in [3.05, 3.63) is 46.1 Å². The van der Waals surface area contributed by atoms with Crippen LogP contribution in [-0.4, -0.2) is 24.0 Å². The van der Waals surface area contributed by atoms with E-state index in [2.05, 4.69) is 81.4 Å². The van der Waals surface area contributed by atoms with Crippen LogP contribution in [0.1, 0.15) is 97.4 Å². The van der Waals surface area contributed by atoms with Gasteiger partial charge in [-0.15, -0.1) is 0 Å². The van der Waals surface area contributed by atoms with Crippen molar-refractivity contribution in [2.24, 2.45) is 10.9 Å². The van der Waals surface area contributed by atoms with Crippen molar-refractivity contribution in [1.82, 2.24) is 0 Å². The molecule has 1 aromatic carbocycles. The zero-order chi connectivity index (χ0) is 22.3. The lowest BCUT2D eigenvalue weighted by Gasteiger charge is -2.32. The molecule has 0 saturated carbocycles. The van der Waals surface area contributed by atoms with Crippen LogP contribution >= 0.6 is 0 Å². The van der Waals surface area contributed by atoms with E-state index in [1.165, 1.54) is 34.4 Å². The highest BCUT2D eigenvalue weighted by molar-refractivity contribution is 6.55. The standard InChI is InChI=1S/C26H38BNO2/c1-16-13-21(28-14-20(16)27-29-25(7,8)26(9,10)30-27)18-11-12-19-22(17(18)2)24(5,6)15-23(19,3)4/h11-12,14,16H,13,15H2,1-10H3. The number of fused-ring (bicyclic) bond motifs is 1. The first-order valence-electron chi connectivity index (χ1n) is 11.4. The largest absolute Gasteiger partial charge is 0.492 e. The fourth-order valence-corrected chi connectivity index (χ4v) is 5.94. The maximum Gasteiger partial charge on any atom is 0.492 e. The quantitative estimate of drug-likeness (QED) is 0.539. The highest BCUT2D eigenvalue weighted by atomic mass is 16.7. The van der Waals surface area contributed by atoms with E-state index in [0.717, 1.165) is 11.9 Å². The van der Waals surface area contributed by atoms with E-state index in [0.29, 0.717) is 5.92 Å². The highest BCUT2D eigenvalue weighted by Crippen LogP contribution is 2.51. The van der Waals surface area contributed by atoms with E-state index in [4.69, 9.17) is 14.3 Å². The lowest BCUT2D eigenvalue weighted by Crippen LogP contribution is -2.41. The first-order chi connectivity index (χ1) is 13.7. The topological polar surface area (TPSA) is 30.8 Å². The second kappa shape index (κ2) is 6.56. The summed E-state index contributed by atoms with van der Waals surface area (Å²) in [6.45, 7) is 22.5. The van der Waals surface area contributed by atoms with Crippen molar-refractivity contribution in [2.45, 2.75) is 104 Å². The molecule has 0 aromatic heterocycles. The van der Waals surface area contributed by atoms with Gasteiger partial charge in [-0.05, 0) is 91.9 Å². The van der Waals surface area contributed by atoms with Crippen molar-refractivity contribution in [3.8, 4) is 0 Å². The minimum absolute atomic E-state index is 0.198. The monoisotopic (exact) mass is 407 g/mol. The van der Waals surface area contributed by atoms with Crippen molar-refractivity contribution in [1.29, 1.82) is 0 Å². The Labute approximate surface area is 183 Å². The lowest BCUT2D eigenvalue weighted by atomic mass is 9.69. The maximum absolute atomic E-state index is 6.29. The maximum atomic E-state index is 6.29. The predicted molar refractivity (Wildman–Crippen MR) is 126 cm³/mol. The van der Waals surface area contributed by atoms with Crippen LogP contribution < -0.4 is 0 Å². The van der Waals surface area contributed by atoms with Crippen LogP contribution in [0, 0.1) is 12.8 Å². The molecule has 3 nitrogen and oxygen atoms in total. The molecule has 2 aliphatic heterocycles. The van der Waals surface area contributed by atoms with Crippen molar-refractivity contribution < 1.29 is 9.31 Å². The van der Waals surface area contributed by atoms with Crippen LogP contribution in [-0.2, 0) is 20.1 Å². The van der Waals surface area contributed by atoms with Gasteiger partial charge < -0.3 is 9.31 Å². The van der Waals surface area contributed by atoms with E-state index in [1.54, 1.807) is 0 Å². The van der Waals surface area contributed by atoms with Gasteiger partial charge in [0.25, 0.3) is 0 Å². The third-order valence-corrected chi connectivity index (χ3v) is 8.03. The summed E-state index contributed by atoms with van der Waals surface area (Å²) >= 11 is 0. The van der Waals surface area contributed by atoms with Crippen LogP contribution in [0.25, 0.3) is 0 Å². The summed E-state index contributed by atoms with van der Waals surface area (Å²) in [5.74, 6) is 0.337. The molecule has 1 aliphatic carbocycles. The Kier molecular flexibility index (Phi) is 4.77. The summed E-state index contributed by atoms with van der Waals surface area (Å²) in [6.07, 6.45) is 4.11. The van der Waals surface area contributed by atoms with Crippen molar-refractivity contribution in [3.63, 3.8) is 0 Å². The molecule has 1 atom stereocenters. The molecule has 1 fully saturated rings. The number of hydrogen-bond donors (Lipinski definition) is 0. The average Bonchev–Trinajstić information content (AvgIpc) is 2.92. The van der Waals surface area contributed by atoms with Gasteiger partial charge in [0.2, 0.25) is 0 Å². The predicted octanol–water partition coefficient (Wildman–Crippen LogP) is 6.30. The summed E-state index contributed by atoms with van der Waals surface area (Å²) in [4.78, 5) is 4.94. The molecule has 3 aliphatic rings. The Morgan fingerprint density at radius 3 is 2.10 bits per heavy atom. The summed E-state index contributed by atoms with van der Waals surface area (Å²) in [5, 5.41) is 0. The van der Waals surface area contributed by atoms with Gasteiger partial charge in [-0.25, -0.2) is 0 Å². The molecule has 0 amide bonds. The van der Waals surface area contributed by atoms with Gasteiger partial charge in [-0.3, -0.25) is 4.99 Å². The van der Waals surface area contributed by atoms with E-state index < -0.39 is 0 Å². The number of nitrogens with zero attached hydrogens (tertiary/aromatic N) is 1. The normalized spacial score (nSPS) is 28.2. The van der Waals surface area contributed by atoms with Gasteiger partial charge in [0, 0.05) is 11.9 Å². The number of hydrogen-bond acceptors (Lipinski definition) is 3. The Morgan fingerprint density at radius 2 is 1.53 bits per heavy atom. The first-order valence-corrected chi connectivity index (χ1v) is 11.4. The Balaban J connectivity index is 1.70. The van der Waals surface area contributed by atoms with Crippen LogP contribution in [0.4, 0.5) is 0 Å². The van der Waals surface area contributed by atoms with Gasteiger partial charge in [-0.2, -0.15) is 0 Å². The van der Waals surface area contributed by atoms with Gasteiger partial charge in [0.1, 0.15) is 0 Å². The zero-order valence-electron chi connectivity index (χ0n) is 20.6. The minimum atomic E-state index is -0.322. The molecule has 0 N–H and O–H groups in total. The lowest BCUT2D eigenvalue weighted by molar-refractivity contribution is 0.00578. The molecule has 0 bridgehead atoms. The van der Waals surface area contributed by atoms with Crippen LogP contribution in [0.3, 0.4) is 0 Å². The van der Waals surface area contributed by atoms with Crippen LogP contribution in [0.5, 0.6) is 0 Å². The number of rotatable bonds is 2. The third-order valence-electron chi connectivity index (χ3n) is 8.03. The van der Waals surface area contributed by atoms with E-state index in [9.17, 15) is 0 Å². The number of allylic oxidation sites excluding steroid dienone is 1. The fraction of sp³-hybridized carbons (Fsp3) is 0.654. The second-order valence-electron chi connectivity index (χ2n) is 12.0. The molecule has 1 aromatic rings. The third kappa shape index (κ3) is 3.22. The van der Waals surface area contributed by atoms with Crippen LogP contribution in [0.2, 0.25) is 0 Å². The molecule has 1 saturated heterocycles. The molecule has 30 heavy (non-hydrogen) atoms. The van der Waals surface area contributed by atoms with E-state index in [-0.39, 0.29) is 29.2 Å². The smallest absolute Gasteiger partial charge is 0.400 e. The summed E-state index contributed by atoms with van der Waals surface area (Å²) < 4.78 is 12.6. The fourth-order valence-electron chi connectivity index (χ4n) is 5.94. The highest BCUT2D eigenvalue weighted by Gasteiger charge is 2.53. The second-order valence-corrected chi connectivity index (χ2v) is 12.0. The molecular formula is C26H38BNO2. The zero-order valence-corrected chi connectivity index (χ0v) is 20.6. The number of aliphatic imine (C=N–C) groups is 1. The molecule has 0 spiro atoms. The first kappa shape index (κ1) is 21.8. The van der Waals surface area contributed by atoms with Gasteiger partial charge in [0.15, 0.2) is 0 Å². The molecule has 4 heteroatoms. The van der Waals surface area contributed by atoms with Crippen LogP contribution in [0.15, 0.2) is 28.8 Å². The minimum Gasteiger partial charge on any atom is -0.400 e. The molecular weight excluding hydrogens is 369 g/mol. The molecule has 2 heterocycles. The molecule has 4 rings (SSSR count). The summed E-state index contributed by atoms with van der Waals surface area (Å²) in [5.41, 5.74) is 7.86. The number of benzene rings is 1. The summed E-state index contributed by atoms with van der Waals surface area (Å²) in [6, 6.07) is 4.66. The van der Waals surface area contributed by atoms with Gasteiger partial charge in [0.05, 0.1) is 11.2 Å². The summed E-state index contributed by atoms with van der Waals surface area (Å²) in [7, 11) is -0.309. The Bertz CT molecular complexity index is 936. The Hall–Kier alpha value is -1.39. The van der Waals surface area contributed by atoms with Gasteiger partial charge >= 0.3 is 7.12 Å². The van der Waals surface area contributed by atoms with Crippen molar-refractivity contribution in [2.75, 3.05) is 0 Å². The SMILES string of the molecule is Cc1c(C2=NC=C(B3OC(C)(C)C(C)(C)O3)C(C)C2)ccc2c1C(C)(C)CC2(C)C.